The lowest BCUT2D eigenvalue weighted by Gasteiger charge is -2.04. The maximum atomic E-state index is 8.48. The minimum Gasteiger partial charge on any atom is -0.478 e. The van der Waals surface area contributed by atoms with E-state index in [4.69, 9.17) is 10.00 Å². The minimum absolute atomic E-state index is 0.350. The number of nitrogens with zero attached hydrogens (tertiary/aromatic N) is 2. The molecule has 0 saturated carbocycles. The first-order valence-corrected chi connectivity index (χ1v) is 3.82. The third-order valence-electron chi connectivity index (χ3n) is 1.40. The first kappa shape index (κ1) is 8.54. The normalized spacial score (nSPS) is 9.00. The highest BCUT2D eigenvalue weighted by Crippen LogP contribution is 2.13. The second-order valence-electron chi connectivity index (χ2n) is 2.24. The fourth-order valence-corrected chi connectivity index (χ4v) is 0.911. The molecule has 0 aliphatic carbocycles. The third kappa shape index (κ3) is 1.96. The number of hydrogen-bond donors (Lipinski definition) is 0. The van der Waals surface area contributed by atoms with E-state index >= 15 is 0 Å². The van der Waals surface area contributed by atoms with Gasteiger partial charge in [-0.3, -0.25) is 0 Å². The lowest BCUT2D eigenvalue weighted by Crippen LogP contribution is -1.98. The fraction of sp³-hybridized carbons (Fsp3) is 0.333. The molecule has 0 fully saturated rings. The fourth-order valence-electron chi connectivity index (χ4n) is 0.911. The van der Waals surface area contributed by atoms with Crippen molar-refractivity contribution in [2.45, 2.75) is 13.3 Å². The Labute approximate surface area is 71.6 Å². The maximum Gasteiger partial charge on any atom is 0.217 e. The van der Waals surface area contributed by atoms with Crippen LogP contribution in [-0.2, 0) is 6.42 Å². The number of aromatic nitrogens is 1. The lowest BCUT2D eigenvalue weighted by molar-refractivity contribution is 0.323. The van der Waals surface area contributed by atoms with Crippen molar-refractivity contribution in [3.63, 3.8) is 0 Å². The summed E-state index contributed by atoms with van der Waals surface area (Å²) in [6.07, 6.45) is 2.01. The van der Waals surface area contributed by atoms with E-state index in [9.17, 15) is 0 Å². The molecule has 62 valence electrons. The van der Waals surface area contributed by atoms with Gasteiger partial charge in [-0.1, -0.05) is 6.07 Å². The van der Waals surface area contributed by atoms with Crippen LogP contribution < -0.4 is 4.74 Å². The second kappa shape index (κ2) is 4.35. The molecule has 0 aromatic carbocycles. The second-order valence-corrected chi connectivity index (χ2v) is 2.24. The standard InChI is InChI=1S/C9H10N2O/c1-2-12-9-8(5-6-10)4-3-7-11-9/h3-4,7H,2,5H2,1H3. The van der Waals surface area contributed by atoms with Crippen molar-refractivity contribution < 1.29 is 4.74 Å². The van der Waals surface area contributed by atoms with Crippen molar-refractivity contribution in [2.24, 2.45) is 0 Å². The van der Waals surface area contributed by atoms with Crippen LogP contribution >= 0.6 is 0 Å². The number of hydrogen-bond acceptors (Lipinski definition) is 3. The van der Waals surface area contributed by atoms with Gasteiger partial charge in [0.2, 0.25) is 5.88 Å². The van der Waals surface area contributed by atoms with Crippen LogP contribution in [0.2, 0.25) is 0 Å². The van der Waals surface area contributed by atoms with Gasteiger partial charge < -0.3 is 4.74 Å². The van der Waals surface area contributed by atoms with Crippen molar-refractivity contribution in [1.29, 1.82) is 5.26 Å². The van der Waals surface area contributed by atoms with Gasteiger partial charge in [-0.2, -0.15) is 5.26 Å². The molecule has 0 N–H and O–H groups in total. The molecule has 3 nitrogen and oxygen atoms in total. The molecule has 3 heteroatoms. The summed E-state index contributed by atoms with van der Waals surface area (Å²) >= 11 is 0. The van der Waals surface area contributed by atoms with Crippen LogP contribution in [-0.4, -0.2) is 11.6 Å². The van der Waals surface area contributed by atoms with Crippen molar-refractivity contribution in [3.8, 4) is 11.9 Å². The molecule has 0 bridgehead atoms. The predicted octanol–water partition coefficient (Wildman–Crippen LogP) is 1.55. The number of rotatable bonds is 3. The Kier molecular flexibility index (Phi) is 3.09. The molecule has 0 amide bonds. The monoisotopic (exact) mass is 162 g/mol. The quantitative estimate of drug-likeness (QED) is 0.677. The van der Waals surface area contributed by atoms with E-state index < -0.39 is 0 Å². The smallest absolute Gasteiger partial charge is 0.217 e. The molecular weight excluding hydrogens is 152 g/mol. The molecule has 0 atom stereocenters. The number of pyridine rings is 1. The van der Waals surface area contributed by atoms with E-state index in [1.54, 1.807) is 12.3 Å². The highest BCUT2D eigenvalue weighted by Gasteiger charge is 2.01. The van der Waals surface area contributed by atoms with Gasteiger partial charge >= 0.3 is 0 Å². The zero-order valence-electron chi connectivity index (χ0n) is 6.95. The first-order chi connectivity index (χ1) is 5.88. The van der Waals surface area contributed by atoms with E-state index in [-0.39, 0.29) is 0 Å². The van der Waals surface area contributed by atoms with Crippen LogP contribution in [0.25, 0.3) is 0 Å². The molecule has 0 radical (unpaired) electrons. The van der Waals surface area contributed by atoms with Crippen LogP contribution in [0.15, 0.2) is 18.3 Å². The highest BCUT2D eigenvalue weighted by atomic mass is 16.5. The summed E-state index contributed by atoms with van der Waals surface area (Å²) in [5.41, 5.74) is 0.849. The highest BCUT2D eigenvalue weighted by molar-refractivity contribution is 5.27. The Hall–Kier alpha value is -1.56. The number of nitriles is 1. The molecule has 0 unspecified atom stereocenters. The van der Waals surface area contributed by atoms with E-state index in [0.717, 1.165) is 5.56 Å². The largest absolute Gasteiger partial charge is 0.478 e. The van der Waals surface area contributed by atoms with Gasteiger partial charge in [0, 0.05) is 11.8 Å². The summed E-state index contributed by atoms with van der Waals surface area (Å²) in [4.78, 5) is 4.01. The third-order valence-corrected chi connectivity index (χ3v) is 1.40. The van der Waals surface area contributed by atoms with Crippen molar-refractivity contribution >= 4 is 0 Å². The van der Waals surface area contributed by atoms with E-state index in [1.165, 1.54) is 0 Å². The van der Waals surface area contributed by atoms with Crippen molar-refractivity contribution in [1.82, 2.24) is 4.98 Å². The molecule has 0 saturated heterocycles. The van der Waals surface area contributed by atoms with Crippen molar-refractivity contribution in [3.05, 3.63) is 23.9 Å². The van der Waals surface area contributed by atoms with E-state index in [0.29, 0.717) is 18.9 Å². The first-order valence-electron chi connectivity index (χ1n) is 3.82. The van der Waals surface area contributed by atoms with Crippen LogP contribution in [0.1, 0.15) is 12.5 Å². The van der Waals surface area contributed by atoms with Gasteiger partial charge in [0.15, 0.2) is 0 Å². The van der Waals surface area contributed by atoms with E-state index in [2.05, 4.69) is 11.1 Å². The Morgan fingerprint density at radius 3 is 3.17 bits per heavy atom. The lowest BCUT2D eigenvalue weighted by atomic mass is 10.2. The zero-order valence-corrected chi connectivity index (χ0v) is 6.95. The van der Waals surface area contributed by atoms with Crippen LogP contribution in [0.4, 0.5) is 0 Å². The van der Waals surface area contributed by atoms with E-state index in [1.807, 2.05) is 13.0 Å². The molecule has 1 aromatic rings. The Morgan fingerprint density at radius 2 is 2.50 bits per heavy atom. The Balaban J connectivity index is 2.85. The molecule has 0 spiro atoms. The summed E-state index contributed by atoms with van der Waals surface area (Å²) in [5, 5.41) is 8.48. The maximum absolute atomic E-state index is 8.48. The van der Waals surface area contributed by atoms with Crippen LogP contribution in [0, 0.1) is 11.3 Å². The topological polar surface area (TPSA) is 45.9 Å². The van der Waals surface area contributed by atoms with Gasteiger partial charge in [0.1, 0.15) is 0 Å². The van der Waals surface area contributed by atoms with Gasteiger partial charge in [0.25, 0.3) is 0 Å². The zero-order chi connectivity index (χ0) is 8.81. The van der Waals surface area contributed by atoms with Gasteiger partial charge in [0.05, 0.1) is 19.1 Å². The summed E-state index contributed by atoms with van der Waals surface area (Å²) in [7, 11) is 0. The molecule has 0 aliphatic rings. The summed E-state index contributed by atoms with van der Waals surface area (Å²) in [6, 6.07) is 5.71. The summed E-state index contributed by atoms with van der Waals surface area (Å²) < 4.78 is 5.23. The summed E-state index contributed by atoms with van der Waals surface area (Å²) in [5.74, 6) is 0.571. The Bertz CT molecular complexity index is 291. The molecule has 1 aromatic heterocycles. The average Bonchev–Trinajstić information content (AvgIpc) is 2.09. The molecule has 0 aliphatic heterocycles. The Morgan fingerprint density at radius 1 is 1.67 bits per heavy atom. The SMILES string of the molecule is CCOc1ncccc1CC#N. The van der Waals surface area contributed by atoms with Crippen LogP contribution in [0.3, 0.4) is 0 Å². The molecule has 1 rings (SSSR count). The predicted molar refractivity (Wildman–Crippen MR) is 44.7 cm³/mol. The molecule has 1 heterocycles. The molecular formula is C9H10N2O. The summed E-state index contributed by atoms with van der Waals surface area (Å²) in [6.45, 7) is 2.47. The van der Waals surface area contributed by atoms with Crippen molar-refractivity contribution in [2.75, 3.05) is 6.61 Å². The average molecular weight is 162 g/mol. The number of ether oxygens (including phenoxy) is 1. The minimum atomic E-state index is 0.350. The van der Waals surface area contributed by atoms with Gasteiger partial charge in [-0.25, -0.2) is 4.98 Å². The van der Waals surface area contributed by atoms with Gasteiger partial charge in [-0.15, -0.1) is 0 Å². The van der Waals surface area contributed by atoms with Crippen LogP contribution in [0.5, 0.6) is 5.88 Å². The van der Waals surface area contributed by atoms with Gasteiger partial charge in [-0.05, 0) is 13.0 Å². The molecule has 12 heavy (non-hydrogen) atoms.